The number of carbonyl (C=O) groups is 1. The van der Waals surface area contributed by atoms with Gasteiger partial charge in [0.15, 0.2) is 0 Å². The number of aliphatic hydroxyl groups excluding tert-OH is 1. The van der Waals surface area contributed by atoms with Gasteiger partial charge in [-0.2, -0.15) is 0 Å². The van der Waals surface area contributed by atoms with Crippen molar-refractivity contribution in [1.29, 1.82) is 0 Å². The Morgan fingerprint density at radius 3 is 2.39 bits per heavy atom. The molecule has 2 aromatic rings. The molecule has 0 fully saturated rings. The van der Waals surface area contributed by atoms with Gasteiger partial charge >= 0.3 is 0 Å². The molecule has 3 heteroatoms. The summed E-state index contributed by atoms with van der Waals surface area (Å²) in [5.74, 6) is 0.846. The van der Waals surface area contributed by atoms with Gasteiger partial charge in [-0.05, 0) is 48.9 Å². The second-order valence-corrected chi connectivity index (χ2v) is 5.70. The van der Waals surface area contributed by atoms with Crippen LogP contribution < -0.4 is 4.74 Å². The average molecular weight is 312 g/mol. The summed E-state index contributed by atoms with van der Waals surface area (Å²) >= 11 is 0. The maximum atomic E-state index is 10.3. The SMILES string of the molecule is O=CCC(O)Cc1ccc(OCCCCc2ccccc2)cc1. The molecule has 1 N–H and O–H groups in total. The summed E-state index contributed by atoms with van der Waals surface area (Å²) < 4.78 is 5.73. The summed E-state index contributed by atoms with van der Waals surface area (Å²) in [7, 11) is 0. The van der Waals surface area contributed by atoms with Gasteiger partial charge in [-0.15, -0.1) is 0 Å². The minimum absolute atomic E-state index is 0.180. The van der Waals surface area contributed by atoms with Crippen LogP contribution in [-0.4, -0.2) is 24.1 Å². The maximum Gasteiger partial charge on any atom is 0.122 e. The van der Waals surface area contributed by atoms with Crippen molar-refractivity contribution >= 4 is 6.29 Å². The van der Waals surface area contributed by atoms with E-state index in [0.717, 1.165) is 36.9 Å². The Labute approximate surface area is 137 Å². The molecule has 0 bridgehead atoms. The lowest BCUT2D eigenvalue weighted by molar-refractivity contribution is -0.109. The number of hydrogen-bond acceptors (Lipinski definition) is 3. The van der Waals surface area contributed by atoms with Crippen molar-refractivity contribution in [3.63, 3.8) is 0 Å². The van der Waals surface area contributed by atoms with Gasteiger partial charge in [-0.1, -0.05) is 42.5 Å². The molecule has 0 aliphatic rings. The molecule has 0 aromatic heterocycles. The van der Waals surface area contributed by atoms with E-state index in [9.17, 15) is 9.90 Å². The van der Waals surface area contributed by atoms with E-state index in [2.05, 4.69) is 24.3 Å². The fourth-order valence-electron chi connectivity index (χ4n) is 2.45. The van der Waals surface area contributed by atoms with Gasteiger partial charge in [-0.25, -0.2) is 0 Å². The number of aryl methyl sites for hydroxylation is 1. The Bertz CT molecular complexity index is 563. The predicted octanol–water partition coefficient (Wildman–Crippen LogP) is 3.58. The molecule has 0 radical (unpaired) electrons. The molecule has 0 aliphatic carbocycles. The third-order valence-electron chi connectivity index (χ3n) is 3.73. The lowest BCUT2D eigenvalue weighted by Crippen LogP contribution is -2.10. The number of carbonyl (C=O) groups excluding carboxylic acids is 1. The molecule has 0 saturated heterocycles. The molecule has 0 aliphatic heterocycles. The fraction of sp³-hybridized carbons (Fsp3) is 0.350. The first-order valence-corrected chi connectivity index (χ1v) is 8.15. The number of aliphatic hydroxyl groups is 1. The first-order valence-electron chi connectivity index (χ1n) is 8.15. The Morgan fingerprint density at radius 1 is 0.957 bits per heavy atom. The number of rotatable bonds is 10. The molecule has 0 saturated carbocycles. The third-order valence-corrected chi connectivity index (χ3v) is 3.73. The molecule has 3 nitrogen and oxygen atoms in total. The minimum Gasteiger partial charge on any atom is -0.494 e. The Morgan fingerprint density at radius 2 is 1.70 bits per heavy atom. The zero-order chi connectivity index (χ0) is 16.3. The molecule has 0 amide bonds. The van der Waals surface area contributed by atoms with E-state index in [1.54, 1.807) is 0 Å². The average Bonchev–Trinajstić information content (AvgIpc) is 2.57. The third kappa shape index (κ3) is 6.66. The number of ether oxygens (including phenoxy) is 1. The van der Waals surface area contributed by atoms with E-state index in [4.69, 9.17) is 4.74 Å². The second-order valence-electron chi connectivity index (χ2n) is 5.70. The molecule has 2 rings (SSSR count). The van der Waals surface area contributed by atoms with Gasteiger partial charge in [0.1, 0.15) is 12.0 Å². The minimum atomic E-state index is -0.600. The van der Waals surface area contributed by atoms with Crippen LogP contribution in [0.25, 0.3) is 0 Å². The lowest BCUT2D eigenvalue weighted by atomic mass is 10.1. The molecule has 0 spiro atoms. The van der Waals surface area contributed by atoms with Gasteiger partial charge in [0, 0.05) is 6.42 Å². The quantitative estimate of drug-likeness (QED) is 0.539. The number of benzene rings is 2. The second kappa shape index (κ2) is 9.80. The van der Waals surface area contributed by atoms with Crippen molar-refractivity contribution in [2.45, 2.75) is 38.2 Å². The van der Waals surface area contributed by atoms with E-state index >= 15 is 0 Å². The van der Waals surface area contributed by atoms with Crippen LogP contribution in [0.2, 0.25) is 0 Å². The highest BCUT2D eigenvalue weighted by molar-refractivity contribution is 5.50. The zero-order valence-electron chi connectivity index (χ0n) is 13.4. The van der Waals surface area contributed by atoms with Crippen molar-refractivity contribution in [1.82, 2.24) is 0 Å². The van der Waals surface area contributed by atoms with E-state index in [-0.39, 0.29) is 6.42 Å². The number of unbranched alkanes of at least 4 members (excludes halogenated alkanes) is 1. The van der Waals surface area contributed by atoms with Crippen LogP contribution in [0.4, 0.5) is 0 Å². The summed E-state index contributed by atoms with van der Waals surface area (Å²) in [5.41, 5.74) is 2.38. The molecule has 1 atom stereocenters. The first-order chi connectivity index (χ1) is 11.3. The van der Waals surface area contributed by atoms with Gasteiger partial charge in [0.25, 0.3) is 0 Å². The molecule has 1 unspecified atom stereocenters. The largest absolute Gasteiger partial charge is 0.494 e. The molecule has 23 heavy (non-hydrogen) atoms. The van der Waals surface area contributed by atoms with Crippen molar-refractivity contribution in [2.24, 2.45) is 0 Å². The van der Waals surface area contributed by atoms with Crippen LogP contribution >= 0.6 is 0 Å². The van der Waals surface area contributed by atoms with Gasteiger partial charge in [-0.3, -0.25) is 0 Å². The maximum absolute atomic E-state index is 10.3. The van der Waals surface area contributed by atoms with E-state index in [1.807, 2.05) is 30.3 Å². The van der Waals surface area contributed by atoms with Crippen molar-refractivity contribution < 1.29 is 14.6 Å². The summed E-state index contributed by atoms with van der Waals surface area (Å²) in [6.07, 6.45) is 4.04. The lowest BCUT2D eigenvalue weighted by Gasteiger charge is -2.09. The highest BCUT2D eigenvalue weighted by Gasteiger charge is 2.05. The van der Waals surface area contributed by atoms with Gasteiger partial charge in [0.05, 0.1) is 12.7 Å². The van der Waals surface area contributed by atoms with E-state index in [1.165, 1.54) is 5.56 Å². The normalized spacial score (nSPS) is 11.9. The van der Waals surface area contributed by atoms with Crippen LogP contribution in [0.5, 0.6) is 5.75 Å². The monoisotopic (exact) mass is 312 g/mol. The number of aldehydes is 1. The molecule has 2 aromatic carbocycles. The highest BCUT2D eigenvalue weighted by atomic mass is 16.5. The molecule has 122 valence electrons. The van der Waals surface area contributed by atoms with Crippen LogP contribution in [0.3, 0.4) is 0 Å². The molecule has 0 heterocycles. The molecular formula is C20H24O3. The standard InChI is InChI=1S/C20H24O3/c21-14-13-19(22)16-18-9-11-20(12-10-18)23-15-5-4-8-17-6-2-1-3-7-17/h1-3,6-7,9-12,14,19,22H,4-5,8,13,15-16H2. The summed E-state index contributed by atoms with van der Waals surface area (Å²) in [4.78, 5) is 10.3. The number of hydrogen-bond donors (Lipinski definition) is 1. The van der Waals surface area contributed by atoms with E-state index < -0.39 is 6.10 Å². The topological polar surface area (TPSA) is 46.5 Å². The van der Waals surface area contributed by atoms with Crippen LogP contribution in [0.1, 0.15) is 30.4 Å². The Hall–Kier alpha value is -2.13. The Balaban J connectivity index is 1.65. The smallest absolute Gasteiger partial charge is 0.122 e. The first kappa shape index (κ1) is 17.2. The zero-order valence-corrected chi connectivity index (χ0v) is 13.4. The summed E-state index contributed by atoms with van der Waals surface area (Å²) in [6.45, 7) is 0.708. The van der Waals surface area contributed by atoms with Gasteiger partial charge < -0.3 is 14.6 Å². The van der Waals surface area contributed by atoms with Crippen molar-refractivity contribution in [3.05, 3.63) is 65.7 Å². The Kier molecular flexibility index (Phi) is 7.34. The van der Waals surface area contributed by atoms with E-state index in [0.29, 0.717) is 13.0 Å². The molecular weight excluding hydrogens is 288 g/mol. The van der Waals surface area contributed by atoms with Gasteiger partial charge in [0.2, 0.25) is 0 Å². The summed E-state index contributed by atoms with van der Waals surface area (Å²) in [6, 6.07) is 18.2. The highest BCUT2D eigenvalue weighted by Crippen LogP contribution is 2.15. The van der Waals surface area contributed by atoms with Crippen LogP contribution in [-0.2, 0) is 17.6 Å². The van der Waals surface area contributed by atoms with Crippen molar-refractivity contribution in [2.75, 3.05) is 6.61 Å². The van der Waals surface area contributed by atoms with Crippen molar-refractivity contribution in [3.8, 4) is 5.75 Å². The predicted molar refractivity (Wildman–Crippen MR) is 91.7 cm³/mol. The fourth-order valence-corrected chi connectivity index (χ4v) is 2.45. The summed E-state index contributed by atoms with van der Waals surface area (Å²) in [5, 5.41) is 9.60. The van der Waals surface area contributed by atoms with Crippen LogP contribution in [0, 0.1) is 0 Å². The van der Waals surface area contributed by atoms with Crippen LogP contribution in [0.15, 0.2) is 54.6 Å².